The number of allylic oxidation sites excluding steroid dienone is 12. The van der Waals surface area contributed by atoms with Gasteiger partial charge in [-0.15, -0.1) is 0 Å². The molecule has 2 atom stereocenters. The number of likely N-dealkylation sites (N-methyl/N-ethyl adjacent to an activating group) is 1. The highest BCUT2D eigenvalue weighted by Gasteiger charge is 2.31. The predicted molar refractivity (Wildman–Crippen MR) is 206 cm³/mol. The van der Waals surface area contributed by atoms with Crippen LogP contribution in [0.15, 0.2) is 72.9 Å². The van der Waals surface area contributed by atoms with Crippen LogP contribution in [0.3, 0.4) is 0 Å². The van der Waals surface area contributed by atoms with Crippen molar-refractivity contribution in [2.24, 2.45) is 0 Å². The molecule has 0 aromatic rings. The molecule has 0 radical (unpaired) electrons. The fourth-order valence-corrected chi connectivity index (χ4v) is 4.99. The molecule has 50 heavy (non-hydrogen) atoms. The lowest BCUT2D eigenvalue weighted by Gasteiger charge is -2.31. The second-order valence-electron chi connectivity index (χ2n) is 13.5. The minimum absolute atomic E-state index is 0.0327. The van der Waals surface area contributed by atoms with E-state index in [1.54, 1.807) is 0 Å². The molecule has 1 N–H and O–H groups in total. The Bertz CT molecular complexity index is 1050. The summed E-state index contributed by atoms with van der Waals surface area (Å²) in [6.45, 7) is 4.38. The van der Waals surface area contributed by atoms with Crippen LogP contribution in [0.1, 0.15) is 123 Å². The first-order valence-electron chi connectivity index (χ1n) is 19.0. The second kappa shape index (κ2) is 32.9. The van der Waals surface area contributed by atoms with Gasteiger partial charge in [0.05, 0.1) is 34.4 Å². The summed E-state index contributed by atoms with van der Waals surface area (Å²) >= 11 is 0. The second-order valence-corrected chi connectivity index (χ2v) is 13.5. The molecule has 0 fully saturated rings. The van der Waals surface area contributed by atoms with Crippen molar-refractivity contribution in [3.05, 3.63) is 72.9 Å². The van der Waals surface area contributed by atoms with Crippen LogP contribution in [0.2, 0.25) is 0 Å². The number of rotatable bonds is 32. The molecule has 0 aromatic heterocycles. The monoisotopic (exact) mass is 701 g/mol. The zero-order chi connectivity index (χ0) is 37.1. The van der Waals surface area contributed by atoms with Gasteiger partial charge in [-0.1, -0.05) is 119 Å². The van der Waals surface area contributed by atoms with Gasteiger partial charge in [0.25, 0.3) is 0 Å². The van der Waals surface area contributed by atoms with Gasteiger partial charge in [-0.3, -0.25) is 9.59 Å². The number of hydrogen-bond donors (Lipinski definition) is 1. The van der Waals surface area contributed by atoms with Gasteiger partial charge in [-0.05, 0) is 57.8 Å². The fraction of sp³-hybridized carbons (Fsp3) is 0.643. The van der Waals surface area contributed by atoms with Gasteiger partial charge in [0.2, 0.25) is 0 Å². The summed E-state index contributed by atoms with van der Waals surface area (Å²) in [5.41, 5.74) is 0. The van der Waals surface area contributed by atoms with E-state index in [-0.39, 0.29) is 42.7 Å². The predicted octanol–water partition coefficient (Wildman–Crippen LogP) is 9.63. The Hall–Kier alpha value is -3.23. The summed E-state index contributed by atoms with van der Waals surface area (Å²) in [7, 11) is 5.48. The van der Waals surface area contributed by atoms with E-state index >= 15 is 0 Å². The Kier molecular flexibility index (Phi) is 30.8. The van der Waals surface area contributed by atoms with E-state index in [4.69, 9.17) is 14.2 Å². The van der Waals surface area contributed by atoms with Crippen molar-refractivity contribution in [1.29, 1.82) is 0 Å². The summed E-state index contributed by atoms with van der Waals surface area (Å²) in [5.74, 6) is -1.57. The molecule has 0 aliphatic rings. The van der Waals surface area contributed by atoms with Gasteiger partial charge in [0, 0.05) is 19.3 Å². The number of hydrogen-bond acceptors (Lipinski definition) is 6. The van der Waals surface area contributed by atoms with Crippen LogP contribution >= 0.6 is 0 Å². The zero-order valence-electron chi connectivity index (χ0n) is 32.1. The third-order valence-corrected chi connectivity index (χ3v) is 7.91. The lowest BCUT2D eigenvalue weighted by atomic mass is 10.1. The summed E-state index contributed by atoms with van der Waals surface area (Å²) in [5, 5.41) is 9.58. The first-order valence-corrected chi connectivity index (χ1v) is 19.0. The number of quaternary nitrogens is 1. The third kappa shape index (κ3) is 30.8. The average molecular weight is 701 g/mol. The molecule has 0 aliphatic heterocycles. The van der Waals surface area contributed by atoms with Crippen molar-refractivity contribution in [2.45, 2.75) is 135 Å². The first-order chi connectivity index (χ1) is 24.1. The number of esters is 2. The molecule has 2 unspecified atom stereocenters. The Morgan fingerprint density at radius 2 is 1.18 bits per heavy atom. The maximum atomic E-state index is 12.6. The molecule has 284 valence electrons. The Labute approximate surface area is 304 Å². The van der Waals surface area contributed by atoms with Gasteiger partial charge >= 0.3 is 17.9 Å². The standard InChI is InChI=1S/C42H69NO7/c1-6-8-10-12-14-16-18-19-20-21-23-24-26-28-30-32-40(44)49-37-38(36-48-35-34-39(42(46)47)43(3,4)5)50-41(45)33-31-29-27-25-22-17-15-13-11-9-7-2/h8-12,14-18,25,27,38-39H,6-7,13,19-24,26,28-37H2,1-5H3/p+1/b10-8+,11-9+,14-12+,17-15+,18-16+,27-25+. The molecule has 0 aliphatic carbocycles. The topological polar surface area (TPSA) is 99.1 Å². The smallest absolute Gasteiger partial charge is 0.362 e. The van der Waals surface area contributed by atoms with Crippen LogP contribution in [0.25, 0.3) is 0 Å². The van der Waals surface area contributed by atoms with Crippen LogP contribution in [0, 0.1) is 0 Å². The Balaban J connectivity index is 4.50. The third-order valence-electron chi connectivity index (χ3n) is 7.91. The zero-order valence-corrected chi connectivity index (χ0v) is 32.1. The van der Waals surface area contributed by atoms with Gasteiger partial charge in [-0.25, -0.2) is 4.79 Å². The van der Waals surface area contributed by atoms with E-state index in [1.807, 2.05) is 21.1 Å². The number of carboxylic acid groups (broad SMARTS) is 1. The normalized spacial score (nSPS) is 13.9. The fourth-order valence-electron chi connectivity index (χ4n) is 4.99. The van der Waals surface area contributed by atoms with Crippen molar-refractivity contribution in [3.63, 3.8) is 0 Å². The van der Waals surface area contributed by atoms with Crippen LogP contribution in [-0.4, -0.2) is 80.6 Å². The largest absolute Gasteiger partial charge is 0.477 e. The Morgan fingerprint density at radius 3 is 1.82 bits per heavy atom. The number of carbonyl (C=O) groups is 3. The van der Waals surface area contributed by atoms with E-state index in [9.17, 15) is 19.5 Å². The molecule has 0 spiro atoms. The van der Waals surface area contributed by atoms with Crippen LogP contribution in [0.4, 0.5) is 0 Å². The maximum absolute atomic E-state index is 12.6. The minimum Gasteiger partial charge on any atom is -0.477 e. The molecule has 8 nitrogen and oxygen atoms in total. The maximum Gasteiger partial charge on any atom is 0.362 e. The van der Waals surface area contributed by atoms with Crippen molar-refractivity contribution < 1.29 is 38.2 Å². The van der Waals surface area contributed by atoms with Gasteiger partial charge < -0.3 is 23.8 Å². The van der Waals surface area contributed by atoms with E-state index < -0.39 is 18.1 Å². The van der Waals surface area contributed by atoms with E-state index in [1.165, 1.54) is 19.3 Å². The molecule has 8 heteroatoms. The number of ether oxygens (including phenoxy) is 3. The number of aliphatic carboxylic acids is 1. The van der Waals surface area contributed by atoms with Crippen molar-refractivity contribution in [1.82, 2.24) is 0 Å². The Morgan fingerprint density at radius 1 is 0.620 bits per heavy atom. The number of unbranched alkanes of at least 4 members (excludes halogenated alkanes) is 8. The van der Waals surface area contributed by atoms with E-state index in [2.05, 4.69) is 86.8 Å². The molecule has 0 saturated heterocycles. The lowest BCUT2D eigenvalue weighted by molar-refractivity contribution is -0.887. The number of carbonyl (C=O) groups excluding carboxylic acids is 2. The van der Waals surface area contributed by atoms with Crippen LogP contribution in [-0.2, 0) is 28.6 Å². The van der Waals surface area contributed by atoms with Gasteiger partial charge in [-0.2, -0.15) is 0 Å². The van der Waals surface area contributed by atoms with Crippen molar-refractivity contribution in [2.75, 3.05) is 41.0 Å². The number of nitrogens with zero attached hydrogens (tertiary/aromatic N) is 1. The molecule has 0 rings (SSSR count). The van der Waals surface area contributed by atoms with Crippen LogP contribution in [0.5, 0.6) is 0 Å². The highest BCUT2D eigenvalue weighted by atomic mass is 16.6. The lowest BCUT2D eigenvalue weighted by Crippen LogP contribution is -2.50. The molecule has 0 heterocycles. The average Bonchev–Trinajstić information content (AvgIpc) is 3.06. The number of carboxylic acids is 1. The summed E-state index contributed by atoms with van der Waals surface area (Å²) < 4.78 is 17.1. The molecule has 0 amide bonds. The molecule has 0 bridgehead atoms. The van der Waals surface area contributed by atoms with Crippen LogP contribution < -0.4 is 0 Å². The van der Waals surface area contributed by atoms with Crippen molar-refractivity contribution >= 4 is 17.9 Å². The highest BCUT2D eigenvalue weighted by molar-refractivity contribution is 5.72. The quantitative estimate of drug-likeness (QED) is 0.0245. The summed E-state index contributed by atoms with van der Waals surface area (Å²) in [4.78, 5) is 36.7. The van der Waals surface area contributed by atoms with E-state index in [0.29, 0.717) is 19.3 Å². The summed E-state index contributed by atoms with van der Waals surface area (Å²) in [6, 6.07) is -0.627. The highest BCUT2D eigenvalue weighted by Crippen LogP contribution is 2.12. The van der Waals surface area contributed by atoms with Gasteiger partial charge in [0.15, 0.2) is 12.1 Å². The SMILES string of the molecule is CC/C=C/C=C/C=C/CCCCCCCCCC(=O)OCC(COCCC(C(=O)O)[N+](C)(C)C)OC(=O)CCC/C=C/C/C=C/C/C=C/CC. The molecular formula is C42H70NO7+. The molecular weight excluding hydrogens is 630 g/mol. The minimum atomic E-state index is -0.889. The van der Waals surface area contributed by atoms with E-state index in [0.717, 1.165) is 64.2 Å². The van der Waals surface area contributed by atoms with Crippen molar-refractivity contribution in [3.8, 4) is 0 Å². The first kappa shape index (κ1) is 46.8. The molecule has 0 saturated carbocycles. The molecule has 0 aromatic carbocycles. The summed E-state index contributed by atoms with van der Waals surface area (Å²) in [6.07, 6.45) is 39.6. The van der Waals surface area contributed by atoms with Gasteiger partial charge in [0.1, 0.15) is 6.61 Å².